The molecule has 0 bridgehead atoms. The van der Waals surface area contributed by atoms with E-state index in [1.165, 1.54) is 0 Å². The number of aryl methyl sites for hydroxylation is 1. The van der Waals surface area contributed by atoms with Crippen molar-refractivity contribution in [2.45, 2.75) is 38.8 Å². The lowest BCUT2D eigenvalue weighted by molar-refractivity contribution is -0.120. The number of carbonyl (C=O) groups is 1. The Labute approximate surface area is 180 Å². The summed E-state index contributed by atoms with van der Waals surface area (Å²) in [7, 11) is -3.62. The molecular formula is C21H25BrN2O4S. The van der Waals surface area contributed by atoms with E-state index in [9.17, 15) is 13.2 Å². The molecule has 0 aliphatic carbocycles. The summed E-state index contributed by atoms with van der Waals surface area (Å²) >= 11 is 3.33. The molecule has 1 heterocycles. The molecule has 1 aliphatic heterocycles. The standard InChI is InChI=1S/C21H25BrN2O4S/c1-14-5-10-17-18(12-21(2,3)28-19(17)11-14)23-20(25)13-24(29(4,26)27)16-8-6-15(22)7-9-16/h5-11,18H,12-13H2,1-4H3,(H,23,25). The molecule has 0 saturated heterocycles. The molecule has 1 atom stereocenters. The van der Waals surface area contributed by atoms with Crippen LogP contribution in [0.5, 0.6) is 5.75 Å². The molecule has 0 aromatic heterocycles. The highest BCUT2D eigenvalue weighted by atomic mass is 79.9. The maximum absolute atomic E-state index is 12.8. The first-order valence-electron chi connectivity index (χ1n) is 9.27. The molecule has 29 heavy (non-hydrogen) atoms. The van der Waals surface area contributed by atoms with Gasteiger partial charge >= 0.3 is 0 Å². The Morgan fingerprint density at radius 1 is 1.24 bits per heavy atom. The smallest absolute Gasteiger partial charge is 0.241 e. The number of fused-ring (bicyclic) bond motifs is 1. The van der Waals surface area contributed by atoms with Gasteiger partial charge in [0.15, 0.2) is 0 Å². The molecule has 0 fully saturated rings. The number of nitrogens with zero attached hydrogens (tertiary/aromatic N) is 1. The van der Waals surface area contributed by atoms with Crippen LogP contribution in [0.1, 0.15) is 37.4 Å². The second kappa shape index (κ2) is 7.99. The predicted octanol–water partition coefficient (Wildman–Crippen LogP) is 3.94. The quantitative estimate of drug-likeness (QED) is 0.702. The summed E-state index contributed by atoms with van der Waals surface area (Å²) in [6.45, 7) is 5.64. The van der Waals surface area contributed by atoms with Crippen LogP contribution in [0.15, 0.2) is 46.9 Å². The third-order valence-corrected chi connectivity index (χ3v) is 6.43. The molecule has 1 unspecified atom stereocenters. The fourth-order valence-corrected chi connectivity index (χ4v) is 4.59. The Hall–Kier alpha value is -2.06. The normalized spacial score (nSPS) is 17.8. The maximum atomic E-state index is 12.8. The van der Waals surface area contributed by atoms with Crippen molar-refractivity contribution in [1.82, 2.24) is 5.32 Å². The van der Waals surface area contributed by atoms with Crippen LogP contribution in [0, 0.1) is 6.92 Å². The minimum atomic E-state index is -3.62. The first-order chi connectivity index (χ1) is 13.4. The molecule has 156 valence electrons. The van der Waals surface area contributed by atoms with Crippen LogP contribution in [0.25, 0.3) is 0 Å². The van der Waals surface area contributed by atoms with Gasteiger partial charge in [0.05, 0.1) is 18.0 Å². The summed E-state index contributed by atoms with van der Waals surface area (Å²) < 4.78 is 32.6. The van der Waals surface area contributed by atoms with E-state index in [0.29, 0.717) is 12.1 Å². The largest absolute Gasteiger partial charge is 0.487 e. The molecule has 3 rings (SSSR count). The number of carbonyl (C=O) groups excluding carboxylic acids is 1. The lowest BCUT2D eigenvalue weighted by Gasteiger charge is -2.38. The molecule has 0 spiro atoms. The van der Waals surface area contributed by atoms with Crippen LogP contribution in [0.2, 0.25) is 0 Å². The number of rotatable bonds is 5. The highest BCUT2D eigenvalue weighted by Gasteiger charge is 2.35. The Morgan fingerprint density at radius 2 is 1.90 bits per heavy atom. The van der Waals surface area contributed by atoms with E-state index in [1.54, 1.807) is 24.3 Å². The number of sulfonamides is 1. The topological polar surface area (TPSA) is 75.7 Å². The zero-order valence-corrected chi connectivity index (χ0v) is 19.3. The van der Waals surface area contributed by atoms with Crippen molar-refractivity contribution in [1.29, 1.82) is 0 Å². The van der Waals surface area contributed by atoms with Gasteiger partial charge < -0.3 is 10.1 Å². The van der Waals surface area contributed by atoms with Gasteiger partial charge in [-0.25, -0.2) is 8.42 Å². The van der Waals surface area contributed by atoms with E-state index in [0.717, 1.165) is 31.9 Å². The van der Waals surface area contributed by atoms with Crippen LogP contribution in [0.4, 0.5) is 5.69 Å². The van der Waals surface area contributed by atoms with Gasteiger partial charge in [0.2, 0.25) is 15.9 Å². The zero-order valence-electron chi connectivity index (χ0n) is 16.9. The fourth-order valence-electron chi connectivity index (χ4n) is 3.47. The minimum absolute atomic E-state index is 0.256. The van der Waals surface area contributed by atoms with Crippen molar-refractivity contribution >= 4 is 37.5 Å². The fraction of sp³-hybridized carbons (Fsp3) is 0.381. The number of nitrogens with one attached hydrogen (secondary N) is 1. The van der Waals surface area contributed by atoms with E-state index in [-0.39, 0.29) is 18.5 Å². The van der Waals surface area contributed by atoms with Gasteiger partial charge in [-0.2, -0.15) is 0 Å². The molecule has 8 heteroatoms. The van der Waals surface area contributed by atoms with Gasteiger partial charge in [-0.1, -0.05) is 28.1 Å². The highest BCUT2D eigenvalue weighted by Crippen LogP contribution is 2.39. The monoisotopic (exact) mass is 480 g/mol. The number of amides is 1. The SMILES string of the molecule is Cc1ccc2c(c1)OC(C)(C)CC2NC(=O)CN(c1ccc(Br)cc1)S(C)(=O)=O. The predicted molar refractivity (Wildman–Crippen MR) is 118 cm³/mol. The third kappa shape index (κ3) is 5.30. The van der Waals surface area contributed by atoms with Crippen LogP contribution in [-0.2, 0) is 14.8 Å². The number of ether oxygens (including phenoxy) is 1. The average Bonchev–Trinajstić information content (AvgIpc) is 2.58. The summed E-state index contributed by atoms with van der Waals surface area (Å²) in [5.74, 6) is 0.381. The van der Waals surface area contributed by atoms with Crippen molar-refractivity contribution < 1.29 is 17.9 Å². The maximum Gasteiger partial charge on any atom is 0.241 e. The van der Waals surface area contributed by atoms with E-state index in [2.05, 4.69) is 21.2 Å². The molecule has 6 nitrogen and oxygen atoms in total. The van der Waals surface area contributed by atoms with Crippen molar-refractivity contribution in [2.75, 3.05) is 17.1 Å². The Balaban J connectivity index is 1.83. The second-order valence-corrected chi connectivity index (χ2v) is 10.8. The molecule has 0 saturated carbocycles. The van der Waals surface area contributed by atoms with Crippen molar-refractivity contribution in [3.05, 3.63) is 58.1 Å². The summed E-state index contributed by atoms with van der Waals surface area (Å²) in [5.41, 5.74) is 1.97. The zero-order chi connectivity index (χ0) is 21.4. The van der Waals surface area contributed by atoms with Crippen LogP contribution in [-0.4, -0.2) is 32.7 Å². The van der Waals surface area contributed by atoms with Gasteiger partial charge in [0, 0.05) is 16.5 Å². The Kier molecular flexibility index (Phi) is 5.96. The lowest BCUT2D eigenvalue weighted by Crippen LogP contribution is -2.45. The number of anilines is 1. The molecule has 2 aromatic rings. The van der Waals surface area contributed by atoms with E-state index >= 15 is 0 Å². The Bertz CT molecular complexity index is 1020. The van der Waals surface area contributed by atoms with Crippen LogP contribution < -0.4 is 14.4 Å². The number of halogens is 1. The third-order valence-electron chi connectivity index (χ3n) is 4.76. The summed E-state index contributed by atoms with van der Waals surface area (Å²) in [6.07, 6.45) is 1.68. The molecule has 0 radical (unpaired) electrons. The number of hydrogen-bond donors (Lipinski definition) is 1. The molecule has 2 aromatic carbocycles. The summed E-state index contributed by atoms with van der Waals surface area (Å²) in [6, 6.07) is 12.4. The van der Waals surface area contributed by atoms with Crippen molar-refractivity contribution in [2.24, 2.45) is 0 Å². The summed E-state index contributed by atoms with van der Waals surface area (Å²) in [5, 5.41) is 3.00. The highest BCUT2D eigenvalue weighted by molar-refractivity contribution is 9.10. The van der Waals surface area contributed by atoms with E-state index in [4.69, 9.17) is 4.74 Å². The number of hydrogen-bond acceptors (Lipinski definition) is 4. The van der Waals surface area contributed by atoms with Gasteiger partial charge in [0.1, 0.15) is 17.9 Å². The van der Waals surface area contributed by atoms with Crippen LogP contribution in [0.3, 0.4) is 0 Å². The molecule has 1 aliphatic rings. The van der Waals surface area contributed by atoms with Gasteiger partial charge in [0.25, 0.3) is 0 Å². The summed E-state index contributed by atoms with van der Waals surface area (Å²) in [4.78, 5) is 12.8. The Morgan fingerprint density at radius 3 is 2.52 bits per heavy atom. The average molecular weight is 481 g/mol. The first-order valence-corrected chi connectivity index (χ1v) is 11.9. The molecule has 1 amide bonds. The van der Waals surface area contributed by atoms with E-state index < -0.39 is 15.6 Å². The van der Waals surface area contributed by atoms with Gasteiger partial charge in [-0.05, 0) is 56.7 Å². The minimum Gasteiger partial charge on any atom is -0.487 e. The van der Waals surface area contributed by atoms with Gasteiger partial charge in [-0.15, -0.1) is 0 Å². The van der Waals surface area contributed by atoms with Crippen LogP contribution >= 0.6 is 15.9 Å². The lowest BCUT2D eigenvalue weighted by atomic mass is 9.89. The molecular weight excluding hydrogens is 456 g/mol. The van der Waals surface area contributed by atoms with E-state index in [1.807, 2.05) is 39.0 Å². The van der Waals surface area contributed by atoms with Crippen molar-refractivity contribution in [3.8, 4) is 5.75 Å². The van der Waals surface area contributed by atoms with Gasteiger partial charge in [-0.3, -0.25) is 9.10 Å². The first kappa shape index (κ1) is 21.6. The van der Waals surface area contributed by atoms with Crippen molar-refractivity contribution in [3.63, 3.8) is 0 Å². The second-order valence-electron chi connectivity index (χ2n) is 7.97. The number of benzene rings is 2. The molecule has 1 N–H and O–H groups in total.